The Balaban J connectivity index is 2.29. The van der Waals surface area contributed by atoms with Crippen molar-refractivity contribution in [1.29, 1.82) is 0 Å². The molecule has 1 saturated heterocycles. The lowest BCUT2D eigenvalue weighted by molar-refractivity contribution is -0.387. The number of hydrogen-bond donors (Lipinski definition) is 0. The van der Waals surface area contributed by atoms with Crippen LogP contribution >= 0.6 is 0 Å². The molecule has 0 spiro atoms. The predicted octanol–water partition coefficient (Wildman–Crippen LogP) is 2.16. The van der Waals surface area contributed by atoms with Crippen LogP contribution in [0.15, 0.2) is 18.2 Å². The van der Waals surface area contributed by atoms with Gasteiger partial charge in [0, 0.05) is 24.5 Å². The second-order valence-corrected chi connectivity index (χ2v) is 4.59. The van der Waals surface area contributed by atoms with E-state index in [0.29, 0.717) is 12.8 Å². The van der Waals surface area contributed by atoms with Crippen molar-refractivity contribution in [3.63, 3.8) is 0 Å². The van der Waals surface area contributed by atoms with Gasteiger partial charge in [0.1, 0.15) is 0 Å². The molecule has 0 saturated carbocycles. The van der Waals surface area contributed by atoms with E-state index in [1.54, 1.807) is 0 Å². The molecule has 1 heterocycles. The molecule has 0 aliphatic carbocycles. The highest BCUT2D eigenvalue weighted by atomic mass is 19.1. The summed E-state index contributed by atoms with van der Waals surface area (Å²) >= 11 is 0. The van der Waals surface area contributed by atoms with E-state index in [1.807, 2.05) is 0 Å². The Morgan fingerprint density at radius 3 is 2.35 bits per heavy atom. The van der Waals surface area contributed by atoms with Gasteiger partial charge in [0.25, 0.3) is 0 Å². The summed E-state index contributed by atoms with van der Waals surface area (Å²) in [5.74, 6) is -1.72. The average Bonchev–Trinajstić information content (AvgIpc) is 2.55. The van der Waals surface area contributed by atoms with E-state index in [4.69, 9.17) is 0 Å². The summed E-state index contributed by atoms with van der Waals surface area (Å²) in [6.45, 7) is -0.259. The molecule has 0 atom stereocenters. The molecule has 0 radical (unpaired) electrons. The highest BCUT2D eigenvalue weighted by molar-refractivity contribution is 5.95. The van der Waals surface area contributed by atoms with Crippen molar-refractivity contribution in [3.8, 4) is 0 Å². The fourth-order valence-corrected chi connectivity index (χ4v) is 2.14. The number of amides is 2. The van der Waals surface area contributed by atoms with E-state index >= 15 is 0 Å². The molecule has 0 bridgehead atoms. The standard InChI is InChI=1S/C13H13FN2O4/c14-13-9(4-3-5-10(13)16(19)20)8-15-11(17)6-1-2-7-12(15)18/h3-5H,1-2,6-8H2. The predicted molar refractivity (Wildman–Crippen MR) is 67.1 cm³/mol. The summed E-state index contributed by atoms with van der Waals surface area (Å²) in [6, 6.07) is 3.72. The highest BCUT2D eigenvalue weighted by Gasteiger charge is 2.26. The minimum Gasteiger partial charge on any atom is -0.278 e. The first kappa shape index (κ1) is 14.1. The Kier molecular flexibility index (Phi) is 4.07. The van der Waals surface area contributed by atoms with E-state index in [0.717, 1.165) is 11.0 Å². The zero-order valence-corrected chi connectivity index (χ0v) is 10.7. The van der Waals surface area contributed by atoms with Gasteiger partial charge in [-0.25, -0.2) is 0 Å². The van der Waals surface area contributed by atoms with Crippen molar-refractivity contribution in [3.05, 3.63) is 39.7 Å². The van der Waals surface area contributed by atoms with Crippen molar-refractivity contribution >= 4 is 17.5 Å². The van der Waals surface area contributed by atoms with Crippen molar-refractivity contribution in [2.24, 2.45) is 0 Å². The summed E-state index contributed by atoms with van der Waals surface area (Å²) < 4.78 is 13.9. The molecule has 1 aromatic rings. The maximum atomic E-state index is 13.9. The molecule has 1 aromatic carbocycles. The van der Waals surface area contributed by atoms with E-state index in [1.165, 1.54) is 12.1 Å². The van der Waals surface area contributed by atoms with Crippen LogP contribution in [0.4, 0.5) is 10.1 Å². The summed E-state index contributed by atoms with van der Waals surface area (Å²) in [5, 5.41) is 10.7. The Hall–Kier alpha value is -2.31. The lowest BCUT2D eigenvalue weighted by Gasteiger charge is -2.18. The third kappa shape index (κ3) is 2.81. The molecule has 1 aliphatic heterocycles. The first-order valence-corrected chi connectivity index (χ1v) is 6.25. The second kappa shape index (κ2) is 5.77. The van der Waals surface area contributed by atoms with Crippen molar-refractivity contribution in [2.75, 3.05) is 0 Å². The molecular formula is C13H13FN2O4. The third-order valence-corrected chi connectivity index (χ3v) is 3.22. The van der Waals surface area contributed by atoms with Gasteiger partial charge in [-0.05, 0) is 12.8 Å². The molecule has 2 rings (SSSR count). The number of halogens is 1. The number of nitro benzene ring substituents is 1. The second-order valence-electron chi connectivity index (χ2n) is 4.59. The first-order chi connectivity index (χ1) is 9.50. The maximum Gasteiger partial charge on any atom is 0.305 e. The Labute approximate surface area is 114 Å². The normalized spacial score (nSPS) is 16.1. The van der Waals surface area contributed by atoms with Crippen LogP contribution in [0.25, 0.3) is 0 Å². The molecule has 1 fully saturated rings. The fraction of sp³-hybridized carbons (Fsp3) is 0.385. The Morgan fingerprint density at radius 2 is 1.80 bits per heavy atom. The van der Waals surface area contributed by atoms with Crippen LogP contribution in [-0.4, -0.2) is 21.6 Å². The smallest absolute Gasteiger partial charge is 0.278 e. The van der Waals surface area contributed by atoms with Crippen molar-refractivity contribution in [1.82, 2.24) is 4.90 Å². The maximum absolute atomic E-state index is 13.9. The molecule has 0 aromatic heterocycles. The van der Waals surface area contributed by atoms with Gasteiger partial charge < -0.3 is 0 Å². The van der Waals surface area contributed by atoms with Crippen LogP contribution in [0.1, 0.15) is 31.2 Å². The zero-order valence-electron chi connectivity index (χ0n) is 10.7. The first-order valence-electron chi connectivity index (χ1n) is 6.25. The molecule has 2 amide bonds. The van der Waals surface area contributed by atoms with Crippen LogP contribution in [0.3, 0.4) is 0 Å². The van der Waals surface area contributed by atoms with Crippen LogP contribution in [-0.2, 0) is 16.1 Å². The molecule has 106 valence electrons. The largest absolute Gasteiger partial charge is 0.305 e. The number of rotatable bonds is 3. The van der Waals surface area contributed by atoms with E-state index < -0.39 is 16.4 Å². The van der Waals surface area contributed by atoms with Gasteiger partial charge in [-0.1, -0.05) is 12.1 Å². The quantitative estimate of drug-likeness (QED) is 0.482. The number of likely N-dealkylation sites (tertiary alicyclic amines) is 1. The summed E-state index contributed by atoms with van der Waals surface area (Å²) in [7, 11) is 0. The molecular weight excluding hydrogens is 267 g/mol. The molecule has 1 aliphatic rings. The molecule has 0 N–H and O–H groups in total. The van der Waals surface area contributed by atoms with E-state index in [2.05, 4.69) is 0 Å². The van der Waals surface area contributed by atoms with Crippen LogP contribution < -0.4 is 0 Å². The van der Waals surface area contributed by atoms with Gasteiger partial charge in [-0.3, -0.25) is 24.6 Å². The minimum atomic E-state index is -0.998. The zero-order chi connectivity index (χ0) is 14.7. The number of carbonyl (C=O) groups is 2. The van der Waals surface area contributed by atoms with Crippen LogP contribution in [0.2, 0.25) is 0 Å². The lowest BCUT2D eigenvalue weighted by atomic mass is 10.1. The minimum absolute atomic E-state index is 0.0252. The third-order valence-electron chi connectivity index (χ3n) is 3.22. The number of nitro groups is 1. The topological polar surface area (TPSA) is 80.5 Å². The number of hydrogen-bond acceptors (Lipinski definition) is 4. The Morgan fingerprint density at radius 1 is 1.20 bits per heavy atom. The number of nitrogens with zero attached hydrogens (tertiary/aromatic N) is 2. The van der Waals surface area contributed by atoms with Crippen molar-refractivity contribution in [2.45, 2.75) is 32.2 Å². The van der Waals surface area contributed by atoms with Crippen LogP contribution in [0, 0.1) is 15.9 Å². The fourth-order valence-electron chi connectivity index (χ4n) is 2.14. The van der Waals surface area contributed by atoms with Crippen molar-refractivity contribution < 1.29 is 18.9 Å². The molecule has 7 heteroatoms. The van der Waals surface area contributed by atoms with Crippen LogP contribution in [0.5, 0.6) is 0 Å². The average molecular weight is 280 g/mol. The van der Waals surface area contributed by atoms with Gasteiger partial charge in [0.15, 0.2) is 0 Å². The molecule has 20 heavy (non-hydrogen) atoms. The summed E-state index contributed by atoms with van der Waals surface area (Å²) in [5.41, 5.74) is -0.681. The van der Waals surface area contributed by atoms with Gasteiger partial charge in [-0.15, -0.1) is 0 Å². The summed E-state index contributed by atoms with van der Waals surface area (Å²) in [6.07, 6.45) is 1.72. The summed E-state index contributed by atoms with van der Waals surface area (Å²) in [4.78, 5) is 34.4. The number of carbonyl (C=O) groups excluding carboxylic acids is 2. The van der Waals surface area contributed by atoms with Gasteiger partial charge in [0.05, 0.1) is 11.5 Å². The molecule has 6 nitrogen and oxygen atoms in total. The van der Waals surface area contributed by atoms with Gasteiger partial charge in [0.2, 0.25) is 17.6 Å². The monoisotopic (exact) mass is 280 g/mol. The van der Waals surface area contributed by atoms with E-state index in [-0.39, 0.29) is 36.8 Å². The molecule has 0 unspecified atom stereocenters. The SMILES string of the molecule is O=C1CCCCC(=O)N1Cc1cccc([N+](=O)[O-])c1F. The highest BCUT2D eigenvalue weighted by Crippen LogP contribution is 2.23. The van der Waals surface area contributed by atoms with Gasteiger partial charge in [-0.2, -0.15) is 4.39 Å². The number of imide groups is 1. The van der Waals surface area contributed by atoms with Gasteiger partial charge >= 0.3 is 5.69 Å². The number of benzene rings is 1. The van der Waals surface area contributed by atoms with E-state index in [9.17, 15) is 24.1 Å². The Bertz CT molecular complexity index is 555. The lowest BCUT2D eigenvalue weighted by Crippen LogP contribution is -2.34.